The largest absolute Gasteiger partial charge is 0.324 e. The number of pyridine rings is 1. The van der Waals surface area contributed by atoms with Gasteiger partial charge in [-0.3, -0.25) is 9.67 Å². The minimum absolute atomic E-state index is 0.0787. The molecule has 2 aromatic heterocycles. The average molecular weight is 280 g/mol. The lowest BCUT2D eigenvalue weighted by molar-refractivity contribution is 0.588. The van der Waals surface area contributed by atoms with Crippen LogP contribution in [-0.4, -0.2) is 14.8 Å². The number of nitrogens with two attached hydrogens (primary N) is 1. The highest BCUT2D eigenvalue weighted by atomic mass is 15.3. The van der Waals surface area contributed by atoms with Crippen molar-refractivity contribution in [3.63, 3.8) is 0 Å². The van der Waals surface area contributed by atoms with Crippen molar-refractivity contribution in [2.45, 2.75) is 32.9 Å². The van der Waals surface area contributed by atoms with Gasteiger partial charge in [0.25, 0.3) is 0 Å². The molecule has 0 aliphatic carbocycles. The summed E-state index contributed by atoms with van der Waals surface area (Å²) < 4.78 is 2.02. The molecule has 0 saturated heterocycles. The quantitative estimate of drug-likeness (QED) is 0.799. The van der Waals surface area contributed by atoms with Crippen molar-refractivity contribution in [3.8, 4) is 0 Å². The van der Waals surface area contributed by atoms with E-state index >= 15 is 0 Å². The fourth-order valence-corrected chi connectivity index (χ4v) is 2.80. The second-order valence-electron chi connectivity index (χ2n) is 5.33. The summed E-state index contributed by atoms with van der Waals surface area (Å²) in [5.74, 6) is 0. The Morgan fingerprint density at radius 2 is 2.05 bits per heavy atom. The summed E-state index contributed by atoms with van der Waals surface area (Å²) in [7, 11) is 0. The van der Waals surface area contributed by atoms with Gasteiger partial charge in [-0.15, -0.1) is 0 Å². The minimum atomic E-state index is -0.0787. The summed E-state index contributed by atoms with van der Waals surface area (Å²) in [5, 5.41) is 5.61. The molecule has 4 heteroatoms. The van der Waals surface area contributed by atoms with Crippen LogP contribution < -0.4 is 5.73 Å². The van der Waals surface area contributed by atoms with Crippen LogP contribution in [0.5, 0.6) is 0 Å². The van der Waals surface area contributed by atoms with E-state index in [-0.39, 0.29) is 6.04 Å². The van der Waals surface area contributed by atoms with Gasteiger partial charge in [-0.1, -0.05) is 24.3 Å². The number of benzene rings is 1. The van der Waals surface area contributed by atoms with E-state index in [0.717, 1.165) is 35.1 Å². The number of nitrogens with zero attached hydrogens (tertiary/aromatic N) is 3. The molecule has 4 nitrogen and oxygen atoms in total. The highest BCUT2D eigenvalue weighted by Crippen LogP contribution is 2.23. The maximum Gasteiger partial charge on any atom is 0.0749 e. The van der Waals surface area contributed by atoms with Crippen LogP contribution in [0, 0.1) is 6.92 Å². The maximum atomic E-state index is 6.44. The maximum absolute atomic E-state index is 6.44. The van der Waals surface area contributed by atoms with E-state index in [9.17, 15) is 0 Å². The molecule has 0 radical (unpaired) electrons. The highest BCUT2D eigenvalue weighted by Gasteiger charge is 2.14. The zero-order valence-corrected chi connectivity index (χ0v) is 12.5. The standard InChI is InChI=1S/C17H20N4/c1-3-21-14(10-12(2)20-21)11-16(18)15-8-4-6-13-7-5-9-19-17(13)15/h4-10,16H,3,11,18H2,1-2H3. The first-order valence-electron chi connectivity index (χ1n) is 7.31. The molecule has 0 saturated carbocycles. The molecular weight excluding hydrogens is 260 g/mol. The Bertz CT molecular complexity index is 755. The van der Waals surface area contributed by atoms with E-state index in [0.29, 0.717) is 0 Å². The Kier molecular flexibility index (Phi) is 3.71. The van der Waals surface area contributed by atoms with E-state index in [4.69, 9.17) is 5.73 Å². The molecule has 0 spiro atoms. The van der Waals surface area contributed by atoms with E-state index < -0.39 is 0 Å². The Morgan fingerprint density at radius 1 is 1.24 bits per heavy atom. The molecule has 0 fully saturated rings. The van der Waals surface area contributed by atoms with E-state index in [2.05, 4.69) is 41.3 Å². The molecule has 0 bridgehead atoms. The van der Waals surface area contributed by atoms with Crippen LogP contribution in [0.2, 0.25) is 0 Å². The zero-order valence-electron chi connectivity index (χ0n) is 12.5. The van der Waals surface area contributed by atoms with Crippen molar-refractivity contribution in [1.29, 1.82) is 0 Å². The van der Waals surface area contributed by atoms with Gasteiger partial charge in [-0.05, 0) is 31.5 Å². The van der Waals surface area contributed by atoms with Crippen LogP contribution in [0.3, 0.4) is 0 Å². The molecule has 1 atom stereocenters. The molecule has 3 rings (SSSR count). The molecule has 108 valence electrons. The van der Waals surface area contributed by atoms with Crippen molar-refractivity contribution in [3.05, 3.63) is 59.5 Å². The Hall–Kier alpha value is -2.20. The van der Waals surface area contributed by atoms with Crippen LogP contribution in [0.4, 0.5) is 0 Å². The Balaban J connectivity index is 1.95. The first-order valence-corrected chi connectivity index (χ1v) is 7.31. The van der Waals surface area contributed by atoms with Gasteiger partial charge in [0.1, 0.15) is 0 Å². The normalized spacial score (nSPS) is 12.7. The lowest BCUT2D eigenvalue weighted by Gasteiger charge is -2.14. The summed E-state index contributed by atoms with van der Waals surface area (Å²) in [6, 6.07) is 12.2. The monoisotopic (exact) mass is 280 g/mol. The molecule has 2 N–H and O–H groups in total. The number of aryl methyl sites for hydroxylation is 2. The van der Waals surface area contributed by atoms with Gasteiger partial charge in [0.15, 0.2) is 0 Å². The minimum Gasteiger partial charge on any atom is -0.324 e. The molecule has 0 amide bonds. The Morgan fingerprint density at radius 3 is 2.86 bits per heavy atom. The third kappa shape index (κ3) is 2.67. The summed E-state index contributed by atoms with van der Waals surface area (Å²) in [5.41, 5.74) is 10.7. The smallest absolute Gasteiger partial charge is 0.0749 e. The van der Waals surface area contributed by atoms with Gasteiger partial charge in [0.2, 0.25) is 0 Å². The predicted molar refractivity (Wildman–Crippen MR) is 85.0 cm³/mol. The van der Waals surface area contributed by atoms with E-state index in [1.54, 1.807) is 0 Å². The van der Waals surface area contributed by atoms with Gasteiger partial charge < -0.3 is 5.73 Å². The lowest BCUT2D eigenvalue weighted by atomic mass is 9.99. The third-order valence-corrected chi connectivity index (χ3v) is 3.78. The zero-order chi connectivity index (χ0) is 14.8. The predicted octanol–water partition coefficient (Wildman–Crippen LogP) is 3.00. The molecule has 3 aromatic rings. The summed E-state index contributed by atoms with van der Waals surface area (Å²) in [6.07, 6.45) is 2.59. The number of hydrogen-bond acceptors (Lipinski definition) is 3. The van der Waals surface area contributed by atoms with Gasteiger partial charge in [0.05, 0.1) is 11.2 Å². The van der Waals surface area contributed by atoms with Crippen LogP contribution in [-0.2, 0) is 13.0 Å². The average Bonchev–Trinajstić information content (AvgIpc) is 2.86. The second-order valence-corrected chi connectivity index (χ2v) is 5.33. The first kappa shape index (κ1) is 13.8. The van der Waals surface area contributed by atoms with Crippen LogP contribution in [0.15, 0.2) is 42.6 Å². The highest BCUT2D eigenvalue weighted by molar-refractivity contribution is 5.82. The molecule has 2 heterocycles. The third-order valence-electron chi connectivity index (χ3n) is 3.78. The second kappa shape index (κ2) is 5.66. The van der Waals surface area contributed by atoms with E-state index in [1.165, 1.54) is 5.69 Å². The SMILES string of the molecule is CCn1nc(C)cc1CC(N)c1cccc2cccnc12. The fraction of sp³-hybridized carbons (Fsp3) is 0.294. The fourth-order valence-electron chi connectivity index (χ4n) is 2.80. The number of hydrogen-bond donors (Lipinski definition) is 1. The summed E-state index contributed by atoms with van der Waals surface area (Å²) in [4.78, 5) is 4.49. The molecule has 0 aliphatic rings. The number of para-hydroxylation sites is 1. The van der Waals surface area contributed by atoms with Crippen LogP contribution in [0.25, 0.3) is 10.9 Å². The van der Waals surface area contributed by atoms with Crippen molar-refractivity contribution >= 4 is 10.9 Å². The van der Waals surface area contributed by atoms with Crippen LogP contribution in [0.1, 0.15) is 29.9 Å². The first-order chi connectivity index (χ1) is 10.2. The number of rotatable bonds is 4. The molecule has 1 unspecified atom stereocenters. The van der Waals surface area contributed by atoms with E-state index in [1.807, 2.05) is 29.9 Å². The van der Waals surface area contributed by atoms with Crippen LogP contribution >= 0.6 is 0 Å². The molecule has 21 heavy (non-hydrogen) atoms. The molecule has 0 aliphatic heterocycles. The van der Waals surface area contributed by atoms with Crippen molar-refractivity contribution < 1.29 is 0 Å². The number of aromatic nitrogens is 3. The van der Waals surface area contributed by atoms with Gasteiger partial charge in [0, 0.05) is 36.3 Å². The van der Waals surface area contributed by atoms with Crippen molar-refractivity contribution in [1.82, 2.24) is 14.8 Å². The summed E-state index contributed by atoms with van der Waals surface area (Å²) in [6.45, 7) is 4.98. The number of fused-ring (bicyclic) bond motifs is 1. The lowest BCUT2D eigenvalue weighted by Crippen LogP contribution is -2.16. The molecule has 1 aromatic carbocycles. The van der Waals surface area contributed by atoms with Gasteiger partial charge in [-0.2, -0.15) is 5.10 Å². The van der Waals surface area contributed by atoms with Crippen molar-refractivity contribution in [2.24, 2.45) is 5.73 Å². The van der Waals surface area contributed by atoms with Gasteiger partial charge in [-0.25, -0.2) is 0 Å². The summed E-state index contributed by atoms with van der Waals surface area (Å²) >= 11 is 0. The Labute approximate surface area is 124 Å². The molecular formula is C17H20N4. The van der Waals surface area contributed by atoms with Gasteiger partial charge >= 0.3 is 0 Å². The van der Waals surface area contributed by atoms with Crippen molar-refractivity contribution in [2.75, 3.05) is 0 Å². The topological polar surface area (TPSA) is 56.7 Å².